The average molecular weight is 332 g/mol. The zero-order chi connectivity index (χ0) is 17.1. The third kappa shape index (κ3) is 3.48. The van der Waals surface area contributed by atoms with E-state index in [1.165, 1.54) is 12.4 Å². The van der Waals surface area contributed by atoms with Crippen LogP contribution in [0.1, 0.15) is 10.5 Å². The first kappa shape index (κ1) is 15.9. The Morgan fingerprint density at radius 2 is 2.17 bits per heavy atom. The number of nitrogens with zero attached hydrogens (tertiary/aromatic N) is 3. The van der Waals surface area contributed by atoms with Gasteiger partial charge in [0.2, 0.25) is 0 Å². The Bertz CT molecular complexity index is 879. The van der Waals surface area contributed by atoms with Crippen LogP contribution >= 0.6 is 0 Å². The lowest BCUT2D eigenvalue weighted by Gasteiger charge is -2.05. The number of rotatable bonds is 5. The summed E-state index contributed by atoms with van der Waals surface area (Å²) in [7, 11) is 1.57. The van der Waals surface area contributed by atoms with Gasteiger partial charge in [-0.25, -0.2) is 13.8 Å². The number of hydrogen-bond donors (Lipinski definition) is 1. The number of carbonyl (C=O) groups excluding carboxylic acids is 1. The van der Waals surface area contributed by atoms with Crippen LogP contribution in [0.25, 0.3) is 10.9 Å². The standard InChI is InChI=1S/C16H14F2N4O2/c1-24-12-3-5-13-10(6-12)2-4-14(21-13)16(23)20-11-7-19-22(8-11)9-15(17)18/h2-8,15H,9H2,1H3,(H,20,23). The van der Waals surface area contributed by atoms with Crippen LogP contribution in [0.2, 0.25) is 0 Å². The number of anilines is 1. The molecule has 8 heteroatoms. The Kier molecular flexibility index (Phi) is 4.37. The van der Waals surface area contributed by atoms with Crippen LogP contribution in [0.5, 0.6) is 5.75 Å². The third-order valence-electron chi connectivity index (χ3n) is 3.35. The summed E-state index contributed by atoms with van der Waals surface area (Å²) in [6.45, 7) is -0.522. The molecule has 1 amide bonds. The normalized spacial score (nSPS) is 11.0. The van der Waals surface area contributed by atoms with Gasteiger partial charge in [0, 0.05) is 11.6 Å². The predicted molar refractivity (Wildman–Crippen MR) is 84.5 cm³/mol. The molecule has 0 bridgehead atoms. The number of aromatic nitrogens is 3. The van der Waals surface area contributed by atoms with Gasteiger partial charge in [-0.15, -0.1) is 0 Å². The minimum absolute atomic E-state index is 0.217. The summed E-state index contributed by atoms with van der Waals surface area (Å²) in [5.41, 5.74) is 1.20. The molecule has 24 heavy (non-hydrogen) atoms. The molecule has 1 aromatic carbocycles. The lowest BCUT2D eigenvalue weighted by Crippen LogP contribution is -2.13. The largest absolute Gasteiger partial charge is 0.497 e. The van der Waals surface area contributed by atoms with E-state index in [0.717, 1.165) is 10.1 Å². The van der Waals surface area contributed by atoms with E-state index < -0.39 is 18.9 Å². The Hall–Kier alpha value is -3.03. The second kappa shape index (κ2) is 6.61. The molecule has 0 radical (unpaired) electrons. The molecule has 0 aliphatic heterocycles. The van der Waals surface area contributed by atoms with E-state index in [9.17, 15) is 13.6 Å². The number of carbonyl (C=O) groups is 1. The lowest BCUT2D eigenvalue weighted by atomic mass is 10.2. The van der Waals surface area contributed by atoms with Gasteiger partial charge in [0.1, 0.15) is 18.0 Å². The van der Waals surface area contributed by atoms with E-state index in [0.29, 0.717) is 17.0 Å². The SMILES string of the molecule is COc1ccc2nc(C(=O)Nc3cnn(CC(F)F)c3)ccc2c1. The minimum Gasteiger partial charge on any atom is -0.497 e. The van der Waals surface area contributed by atoms with Crippen molar-refractivity contribution in [2.45, 2.75) is 13.0 Å². The number of halogens is 2. The monoisotopic (exact) mass is 332 g/mol. The van der Waals surface area contributed by atoms with Gasteiger partial charge in [-0.3, -0.25) is 9.48 Å². The van der Waals surface area contributed by atoms with Gasteiger partial charge in [0.15, 0.2) is 0 Å². The van der Waals surface area contributed by atoms with E-state index in [4.69, 9.17) is 4.74 Å². The number of amides is 1. The van der Waals surface area contributed by atoms with Crippen LogP contribution in [0.4, 0.5) is 14.5 Å². The predicted octanol–water partition coefficient (Wildman–Crippen LogP) is 2.96. The quantitative estimate of drug-likeness (QED) is 0.780. The maximum atomic E-state index is 12.3. The van der Waals surface area contributed by atoms with E-state index in [2.05, 4.69) is 15.4 Å². The van der Waals surface area contributed by atoms with E-state index in [1.807, 2.05) is 6.07 Å². The van der Waals surface area contributed by atoms with Crippen LogP contribution in [0.3, 0.4) is 0 Å². The fraction of sp³-hybridized carbons (Fsp3) is 0.188. The summed E-state index contributed by atoms with van der Waals surface area (Å²) in [6, 6.07) is 8.68. The van der Waals surface area contributed by atoms with Crippen LogP contribution in [-0.4, -0.2) is 34.2 Å². The zero-order valence-corrected chi connectivity index (χ0v) is 12.7. The van der Waals surface area contributed by atoms with Crippen molar-refractivity contribution in [1.29, 1.82) is 0 Å². The molecule has 0 aliphatic carbocycles. The van der Waals surface area contributed by atoms with Crippen LogP contribution < -0.4 is 10.1 Å². The van der Waals surface area contributed by atoms with Crippen molar-refractivity contribution < 1.29 is 18.3 Å². The van der Waals surface area contributed by atoms with Crippen LogP contribution in [0, 0.1) is 0 Å². The molecule has 1 N–H and O–H groups in total. The molecule has 0 saturated heterocycles. The Morgan fingerprint density at radius 3 is 2.92 bits per heavy atom. The number of fused-ring (bicyclic) bond motifs is 1. The summed E-state index contributed by atoms with van der Waals surface area (Å²) >= 11 is 0. The highest BCUT2D eigenvalue weighted by molar-refractivity contribution is 6.03. The molecule has 0 unspecified atom stereocenters. The zero-order valence-electron chi connectivity index (χ0n) is 12.7. The van der Waals surface area contributed by atoms with Gasteiger partial charge in [0.25, 0.3) is 12.3 Å². The van der Waals surface area contributed by atoms with Crippen molar-refractivity contribution in [3.8, 4) is 5.75 Å². The molecular formula is C16H14F2N4O2. The molecule has 3 aromatic rings. The maximum Gasteiger partial charge on any atom is 0.274 e. The molecule has 2 aromatic heterocycles. The Morgan fingerprint density at radius 1 is 1.33 bits per heavy atom. The van der Waals surface area contributed by atoms with E-state index in [1.54, 1.807) is 31.4 Å². The molecule has 124 valence electrons. The third-order valence-corrected chi connectivity index (χ3v) is 3.35. The molecule has 2 heterocycles. The molecule has 3 rings (SSSR count). The molecule has 0 spiro atoms. The second-order valence-corrected chi connectivity index (χ2v) is 5.05. The summed E-state index contributed by atoms with van der Waals surface area (Å²) < 4.78 is 30.8. The van der Waals surface area contributed by atoms with Crippen LogP contribution in [0.15, 0.2) is 42.7 Å². The Labute approximate surface area is 136 Å². The first-order valence-corrected chi connectivity index (χ1v) is 7.12. The van der Waals surface area contributed by atoms with Crippen molar-refractivity contribution >= 4 is 22.5 Å². The van der Waals surface area contributed by atoms with Crippen molar-refractivity contribution in [3.05, 3.63) is 48.4 Å². The fourth-order valence-corrected chi connectivity index (χ4v) is 2.22. The van der Waals surface area contributed by atoms with Crippen molar-refractivity contribution in [2.75, 3.05) is 12.4 Å². The molecule has 6 nitrogen and oxygen atoms in total. The van der Waals surface area contributed by atoms with E-state index in [-0.39, 0.29) is 5.69 Å². The summed E-state index contributed by atoms with van der Waals surface area (Å²) in [4.78, 5) is 16.5. The maximum absolute atomic E-state index is 12.3. The van der Waals surface area contributed by atoms with Crippen LogP contribution in [-0.2, 0) is 6.54 Å². The van der Waals surface area contributed by atoms with Gasteiger partial charge in [-0.05, 0) is 24.3 Å². The lowest BCUT2D eigenvalue weighted by molar-refractivity contribution is 0.102. The average Bonchev–Trinajstić information content (AvgIpc) is 2.99. The van der Waals surface area contributed by atoms with Crippen molar-refractivity contribution in [1.82, 2.24) is 14.8 Å². The highest BCUT2D eigenvalue weighted by Crippen LogP contribution is 2.20. The van der Waals surface area contributed by atoms with Gasteiger partial charge in [-0.2, -0.15) is 5.10 Å². The number of hydrogen-bond acceptors (Lipinski definition) is 4. The number of alkyl halides is 2. The number of pyridine rings is 1. The number of methoxy groups -OCH3 is 1. The molecule has 0 atom stereocenters. The second-order valence-electron chi connectivity index (χ2n) is 5.05. The van der Waals surface area contributed by atoms with Crippen molar-refractivity contribution in [3.63, 3.8) is 0 Å². The van der Waals surface area contributed by atoms with Crippen molar-refractivity contribution in [2.24, 2.45) is 0 Å². The topological polar surface area (TPSA) is 69.0 Å². The smallest absolute Gasteiger partial charge is 0.274 e. The fourth-order valence-electron chi connectivity index (χ4n) is 2.22. The highest BCUT2D eigenvalue weighted by Gasteiger charge is 2.11. The minimum atomic E-state index is -2.51. The molecule has 0 fully saturated rings. The summed E-state index contributed by atoms with van der Waals surface area (Å²) in [5.74, 6) is 0.261. The molecule has 0 aliphatic rings. The highest BCUT2D eigenvalue weighted by atomic mass is 19.3. The number of benzene rings is 1. The summed E-state index contributed by atoms with van der Waals surface area (Å²) in [5, 5.41) is 7.19. The number of nitrogens with one attached hydrogen (secondary N) is 1. The van der Waals surface area contributed by atoms with Gasteiger partial charge in [-0.1, -0.05) is 6.07 Å². The van der Waals surface area contributed by atoms with Gasteiger partial charge in [0.05, 0.1) is 24.5 Å². The first-order chi connectivity index (χ1) is 11.5. The first-order valence-electron chi connectivity index (χ1n) is 7.12. The molecular weight excluding hydrogens is 318 g/mol. The summed E-state index contributed by atoms with van der Waals surface area (Å²) in [6.07, 6.45) is 0.148. The Balaban J connectivity index is 1.77. The van der Waals surface area contributed by atoms with Gasteiger partial charge >= 0.3 is 0 Å². The number of ether oxygens (including phenoxy) is 1. The molecule has 0 saturated carbocycles. The van der Waals surface area contributed by atoms with E-state index >= 15 is 0 Å². The van der Waals surface area contributed by atoms with Gasteiger partial charge < -0.3 is 10.1 Å².